The van der Waals surface area contributed by atoms with Crippen LogP contribution in [0.4, 0.5) is 4.39 Å². The fourth-order valence-corrected chi connectivity index (χ4v) is 2.42. The lowest BCUT2D eigenvalue weighted by Gasteiger charge is -2.12. The summed E-state index contributed by atoms with van der Waals surface area (Å²) in [5.41, 5.74) is 1.75. The Kier molecular flexibility index (Phi) is 5.31. The van der Waals surface area contributed by atoms with E-state index < -0.39 is 0 Å². The van der Waals surface area contributed by atoms with Gasteiger partial charge >= 0.3 is 0 Å². The van der Waals surface area contributed by atoms with Crippen molar-refractivity contribution in [2.45, 2.75) is 33.4 Å². The molecular formula is C15H19BrFN3. The van der Waals surface area contributed by atoms with Gasteiger partial charge in [0.1, 0.15) is 11.6 Å². The van der Waals surface area contributed by atoms with Crippen molar-refractivity contribution in [2.24, 2.45) is 0 Å². The van der Waals surface area contributed by atoms with Crippen LogP contribution in [0.25, 0.3) is 0 Å². The van der Waals surface area contributed by atoms with Crippen LogP contribution < -0.4 is 5.32 Å². The third kappa shape index (κ3) is 3.67. The van der Waals surface area contributed by atoms with Gasteiger partial charge in [-0.1, -0.05) is 28.9 Å². The number of nitrogens with zero attached hydrogens (tertiary/aromatic N) is 2. The molecule has 0 aliphatic carbocycles. The Balaban J connectivity index is 2.17. The van der Waals surface area contributed by atoms with Crippen molar-refractivity contribution in [1.82, 2.24) is 14.9 Å². The zero-order valence-corrected chi connectivity index (χ0v) is 13.4. The maximum absolute atomic E-state index is 13.9. The number of aryl methyl sites for hydroxylation is 1. The first kappa shape index (κ1) is 15.2. The number of benzene rings is 1. The van der Waals surface area contributed by atoms with Gasteiger partial charge in [-0.2, -0.15) is 0 Å². The maximum Gasteiger partial charge on any atom is 0.129 e. The van der Waals surface area contributed by atoms with Gasteiger partial charge in [0.2, 0.25) is 0 Å². The van der Waals surface area contributed by atoms with E-state index in [-0.39, 0.29) is 5.82 Å². The first-order chi connectivity index (χ1) is 9.61. The van der Waals surface area contributed by atoms with Crippen LogP contribution in [0.2, 0.25) is 0 Å². The van der Waals surface area contributed by atoms with E-state index in [4.69, 9.17) is 0 Å². The van der Waals surface area contributed by atoms with Crippen LogP contribution in [0.1, 0.15) is 30.4 Å². The highest BCUT2D eigenvalue weighted by atomic mass is 79.9. The van der Waals surface area contributed by atoms with E-state index in [1.54, 1.807) is 0 Å². The standard InChI is InChI=1S/C15H19BrFN3/c1-3-6-18-8-14-9-19-11(2)20(14)10-12-4-5-13(16)7-15(12)17/h4-5,7,9,18H,3,6,8,10H2,1-2H3. The number of rotatable bonds is 6. The highest BCUT2D eigenvalue weighted by Gasteiger charge is 2.10. The van der Waals surface area contributed by atoms with E-state index in [0.717, 1.165) is 35.5 Å². The molecule has 1 aromatic heterocycles. The number of nitrogens with one attached hydrogen (secondary N) is 1. The molecule has 5 heteroatoms. The number of imidazole rings is 1. The summed E-state index contributed by atoms with van der Waals surface area (Å²) in [5, 5.41) is 3.35. The second-order valence-electron chi connectivity index (χ2n) is 4.80. The summed E-state index contributed by atoms with van der Waals surface area (Å²) < 4.78 is 16.7. The van der Waals surface area contributed by atoms with Gasteiger partial charge in [0.05, 0.1) is 12.2 Å². The molecule has 0 aliphatic heterocycles. The van der Waals surface area contributed by atoms with E-state index in [0.29, 0.717) is 12.1 Å². The minimum Gasteiger partial charge on any atom is -0.326 e. The molecule has 1 N–H and O–H groups in total. The summed E-state index contributed by atoms with van der Waals surface area (Å²) in [7, 11) is 0. The van der Waals surface area contributed by atoms with Gasteiger partial charge in [0.25, 0.3) is 0 Å². The second-order valence-corrected chi connectivity index (χ2v) is 5.71. The second kappa shape index (κ2) is 6.99. The average molecular weight is 340 g/mol. The summed E-state index contributed by atoms with van der Waals surface area (Å²) in [6.07, 6.45) is 2.95. The molecule has 1 heterocycles. The Labute approximate surface area is 127 Å². The third-order valence-electron chi connectivity index (χ3n) is 3.21. The van der Waals surface area contributed by atoms with Crippen molar-refractivity contribution in [3.05, 3.63) is 51.8 Å². The van der Waals surface area contributed by atoms with Crippen LogP contribution in [0, 0.1) is 12.7 Å². The van der Waals surface area contributed by atoms with Gasteiger partial charge in [-0.15, -0.1) is 0 Å². The van der Waals surface area contributed by atoms with Crippen LogP contribution in [0.5, 0.6) is 0 Å². The topological polar surface area (TPSA) is 29.9 Å². The SMILES string of the molecule is CCCNCc1cnc(C)n1Cc1ccc(Br)cc1F. The molecule has 1 aromatic carbocycles. The van der Waals surface area contributed by atoms with Crippen LogP contribution in [-0.4, -0.2) is 16.1 Å². The van der Waals surface area contributed by atoms with Gasteiger partial charge in [-0.05, 0) is 32.0 Å². The minimum atomic E-state index is -0.194. The predicted molar refractivity (Wildman–Crippen MR) is 82.2 cm³/mol. The van der Waals surface area contributed by atoms with Gasteiger partial charge in [-0.3, -0.25) is 0 Å². The number of hydrogen-bond acceptors (Lipinski definition) is 2. The molecule has 20 heavy (non-hydrogen) atoms. The molecule has 0 atom stereocenters. The fraction of sp³-hybridized carbons (Fsp3) is 0.400. The first-order valence-electron chi connectivity index (χ1n) is 6.77. The van der Waals surface area contributed by atoms with E-state index in [1.807, 2.05) is 25.3 Å². The molecule has 2 rings (SSSR count). The van der Waals surface area contributed by atoms with E-state index in [1.165, 1.54) is 6.07 Å². The van der Waals surface area contributed by atoms with Gasteiger partial charge in [-0.25, -0.2) is 9.37 Å². The van der Waals surface area contributed by atoms with Crippen LogP contribution in [-0.2, 0) is 13.1 Å². The Morgan fingerprint density at radius 1 is 1.40 bits per heavy atom. The predicted octanol–water partition coefficient (Wildman–Crippen LogP) is 3.64. The zero-order chi connectivity index (χ0) is 14.5. The summed E-state index contributed by atoms with van der Waals surface area (Å²) >= 11 is 3.28. The molecule has 0 aliphatic rings. The van der Waals surface area contributed by atoms with Crippen molar-refractivity contribution < 1.29 is 4.39 Å². The molecule has 3 nitrogen and oxygen atoms in total. The fourth-order valence-electron chi connectivity index (χ4n) is 2.09. The molecular weight excluding hydrogens is 321 g/mol. The Morgan fingerprint density at radius 2 is 2.20 bits per heavy atom. The molecule has 0 unspecified atom stereocenters. The number of aromatic nitrogens is 2. The molecule has 0 fully saturated rings. The van der Waals surface area contributed by atoms with Crippen molar-refractivity contribution in [1.29, 1.82) is 0 Å². The lowest BCUT2D eigenvalue weighted by atomic mass is 10.2. The van der Waals surface area contributed by atoms with Gasteiger partial charge in [0.15, 0.2) is 0 Å². The van der Waals surface area contributed by atoms with E-state index >= 15 is 0 Å². The maximum atomic E-state index is 13.9. The molecule has 0 spiro atoms. The van der Waals surface area contributed by atoms with Crippen molar-refractivity contribution in [3.8, 4) is 0 Å². The average Bonchev–Trinajstić information content (AvgIpc) is 2.75. The van der Waals surface area contributed by atoms with Crippen LogP contribution in [0.15, 0.2) is 28.9 Å². The van der Waals surface area contributed by atoms with E-state index in [2.05, 4.69) is 37.7 Å². The number of halogens is 2. The molecule has 0 saturated heterocycles. The smallest absolute Gasteiger partial charge is 0.129 e. The Hall–Kier alpha value is -1.20. The zero-order valence-electron chi connectivity index (χ0n) is 11.8. The molecule has 0 amide bonds. The van der Waals surface area contributed by atoms with Crippen molar-refractivity contribution in [2.75, 3.05) is 6.54 Å². The molecule has 108 valence electrons. The lowest BCUT2D eigenvalue weighted by molar-refractivity contribution is 0.581. The highest BCUT2D eigenvalue weighted by Crippen LogP contribution is 2.17. The van der Waals surface area contributed by atoms with Crippen molar-refractivity contribution in [3.63, 3.8) is 0 Å². The minimum absolute atomic E-state index is 0.194. The lowest BCUT2D eigenvalue weighted by Crippen LogP contribution is -2.18. The first-order valence-corrected chi connectivity index (χ1v) is 7.56. The van der Waals surface area contributed by atoms with Gasteiger partial charge < -0.3 is 9.88 Å². The number of hydrogen-bond donors (Lipinski definition) is 1. The quantitative estimate of drug-likeness (QED) is 0.814. The highest BCUT2D eigenvalue weighted by molar-refractivity contribution is 9.10. The monoisotopic (exact) mass is 339 g/mol. The van der Waals surface area contributed by atoms with Crippen LogP contribution >= 0.6 is 15.9 Å². The third-order valence-corrected chi connectivity index (χ3v) is 3.71. The van der Waals surface area contributed by atoms with E-state index in [9.17, 15) is 4.39 Å². The molecule has 0 bridgehead atoms. The summed E-state index contributed by atoms with van der Waals surface area (Å²) in [6, 6.07) is 5.17. The molecule has 2 aromatic rings. The molecule has 0 saturated carbocycles. The summed E-state index contributed by atoms with van der Waals surface area (Å²) in [5.74, 6) is 0.709. The summed E-state index contributed by atoms with van der Waals surface area (Å²) in [6.45, 7) is 6.31. The Bertz CT molecular complexity index is 580. The van der Waals surface area contributed by atoms with Crippen LogP contribution in [0.3, 0.4) is 0 Å². The summed E-state index contributed by atoms with van der Waals surface area (Å²) in [4.78, 5) is 4.33. The van der Waals surface area contributed by atoms with Gasteiger partial charge in [0, 0.05) is 22.8 Å². The normalized spacial score (nSPS) is 11.0. The Morgan fingerprint density at radius 3 is 2.90 bits per heavy atom. The van der Waals surface area contributed by atoms with Crippen molar-refractivity contribution >= 4 is 15.9 Å². The largest absolute Gasteiger partial charge is 0.326 e. The molecule has 0 radical (unpaired) electrons.